The number of hydrogen-bond donors (Lipinski definition) is 1. The third-order valence-electron chi connectivity index (χ3n) is 3.77. The van der Waals surface area contributed by atoms with Gasteiger partial charge in [-0.1, -0.05) is 23.1 Å². The summed E-state index contributed by atoms with van der Waals surface area (Å²) in [5.74, 6) is 1.56. The number of carbonyl (C=O) groups is 1. The van der Waals surface area contributed by atoms with Crippen LogP contribution < -0.4 is 14.8 Å². The lowest BCUT2D eigenvalue weighted by Crippen LogP contribution is -2.13. The van der Waals surface area contributed by atoms with Crippen LogP contribution in [0.25, 0.3) is 0 Å². The molecule has 0 spiro atoms. The number of nitrogens with one attached hydrogen (secondary N) is 1. The van der Waals surface area contributed by atoms with Crippen LogP contribution in [-0.2, 0) is 0 Å². The molecule has 0 bridgehead atoms. The Morgan fingerprint density at radius 3 is 2.19 bits per heavy atom. The highest BCUT2D eigenvalue weighted by atomic mass is 32.2. The quantitative estimate of drug-likeness (QED) is 0.434. The van der Waals surface area contributed by atoms with Crippen molar-refractivity contribution in [3.63, 3.8) is 0 Å². The number of ketones is 1. The highest BCUT2D eigenvalue weighted by Crippen LogP contribution is 2.32. The molecule has 2 aromatic carbocycles. The van der Waals surface area contributed by atoms with Crippen LogP contribution in [0.3, 0.4) is 0 Å². The molecule has 1 heterocycles. The molecule has 0 radical (unpaired) electrons. The number of anilines is 2. The van der Waals surface area contributed by atoms with Crippen molar-refractivity contribution in [3.05, 3.63) is 54.1 Å². The molecule has 0 saturated carbocycles. The van der Waals surface area contributed by atoms with Crippen LogP contribution in [0.4, 0.5) is 10.8 Å². The third-order valence-corrected chi connectivity index (χ3v) is 5.79. The maximum atomic E-state index is 12.6. The van der Waals surface area contributed by atoms with Gasteiger partial charge in [-0.05, 0) is 55.5 Å². The number of methoxy groups -OCH3 is 2. The van der Waals surface area contributed by atoms with Crippen molar-refractivity contribution in [2.45, 2.75) is 16.5 Å². The molecule has 27 heavy (non-hydrogen) atoms. The highest BCUT2D eigenvalue weighted by molar-refractivity contribution is 8.02. The van der Waals surface area contributed by atoms with Gasteiger partial charge in [-0.2, -0.15) is 0 Å². The zero-order valence-electron chi connectivity index (χ0n) is 15.1. The van der Waals surface area contributed by atoms with Gasteiger partial charge in [0.25, 0.3) is 0 Å². The number of hydrogen-bond acceptors (Lipinski definition) is 8. The zero-order chi connectivity index (χ0) is 19.2. The molecule has 3 rings (SSSR count). The van der Waals surface area contributed by atoms with E-state index in [2.05, 4.69) is 15.5 Å². The number of ether oxygens (including phenoxy) is 2. The van der Waals surface area contributed by atoms with E-state index in [0.29, 0.717) is 10.7 Å². The van der Waals surface area contributed by atoms with Crippen molar-refractivity contribution >= 4 is 39.7 Å². The van der Waals surface area contributed by atoms with Crippen LogP contribution in [0.15, 0.2) is 52.9 Å². The van der Waals surface area contributed by atoms with Gasteiger partial charge in [0.15, 0.2) is 10.1 Å². The summed E-state index contributed by atoms with van der Waals surface area (Å²) >= 11 is 2.81. The molecule has 0 aliphatic carbocycles. The Hall–Kier alpha value is -2.58. The molecule has 0 unspecified atom stereocenters. The van der Waals surface area contributed by atoms with E-state index in [4.69, 9.17) is 9.47 Å². The Morgan fingerprint density at radius 1 is 1.00 bits per heavy atom. The number of Topliss-reactive ketones (excluding diaryl/α,β-unsaturated/α-hetero) is 1. The summed E-state index contributed by atoms with van der Waals surface area (Å²) in [4.78, 5) is 12.6. The van der Waals surface area contributed by atoms with Gasteiger partial charge in [-0.25, -0.2) is 0 Å². The van der Waals surface area contributed by atoms with Crippen molar-refractivity contribution in [2.75, 3.05) is 19.5 Å². The van der Waals surface area contributed by atoms with Crippen LogP contribution in [0.5, 0.6) is 11.5 Å². The van der Waals surface area contributed by atoms with Gasteiger partial charge < -0.3 is 14.8 Å². The molecule has 1 atom stereocenters. The van der Waals surface area contributed by atoms with Crippen molar-refractivity contribution < 1.29 is 14.3 Å². The van der Waals surface area contributed by atoms with Crippen LogP contribution in [0.1, 0.15) is 17.3 Å². The number of thioether (sulfide) groups is 1. The van der Waals surface area contributed by atoms with E-state index in [1.807, 2.05) is 31.2 Å². The van der Waals surface area contributed by atoms with Crippen molar-refractivity contribution in [3.8, 4) is 11.5 Å². The molecule has 0 fully saturated rings. The van der Waals surface area contributed by atoms with E-state index in [9.17, 15) is 4.79 Å². The Morgan fingerprint density at radius 2 is 1.59 bits per heavy atom. The van der Waals surface area contributed by atoms with E-state index >= 15 is 0 Å². The van der Waals surface area contributed by atoms with E-state index in [-0.39, 0.29) is 11.0 Å². The predicted molar refractivity (Wildman–Crippen MR) is 109 cm³/mol. The molecular formula is C19H19N3O3S2. The molecule has 140 valence electrons. The Balaban J connectivity index is 1.60. The first-order valence-electron chi connectivity index (χ1n) is 8.18. The number of carbonyl (C=O) groups excluding carboxylic acids is 1. The summed E-state index contributed by atoms with van der Waals surface area (Å²) in [5, 5.41) is 11.9. The van der Waals surface area contributed by atoms with Crippen LogP contribution in [-0.4, -0.2) is 35.5 Å². The summed E-state index contributed by atoms with van der Waals surface area (Å²) in [7, 11) is 3.23. The average Bonchev–Trinajstić information content (AvgIpc) is 3.14. The molecule has 1 aromatic heterocycles. The molecule has 8 heteroatoms. The minimum Gasteiger partial charge on any atom is -0.497 e. The predicted octanol–water partition coefficient (Wildman–Crippen LogP) is 4.66. The SMILES string of the molecule is COc1ccc(Nc2nnc(S[C@@H](C)C(=O)c3ccc(OC)cc3)s2)cc1. The largest absolute Gasteiger partial charge is 0.497 e. The van der Waals surface area contributed by atoms with Crippen molar-refractivity contribution in [1.82, 2.24) is 10.2 Å². The summed E-state index contributed by atoms with van der Waals surface area (Å²) < 4.78 is 11.0. The van der Waals surface area contributed by atoms with E-state index in [1.54, 1.807) is 38.5 Å². The highest BCUT2D eigenvalue weighted by Gasteiger charge is 2.19. The van der Waals surface area contributed by atoms with E-state index in [0.717, 1.165) is 21.5 Å². The van der Waals surface area contributed by atoms with Gasteiger partial charge in [0.2, 0.25) is 5.13 Å². The lowest BCUT2D eigenvalue weighted by atomic mass is 10.1. The van der Waals surface area contributed by atoms with Crippen LogP contribution in [0.2, 0.25) is 0 Å². The summed E-state index contributed by atoms with van der Waals surface area (Å²) in [5.41, 5.74) is 1.54. The average molecular weight is 402 g/mol. The fourth-order valence-electron chi connectivity index (χ4n) is 2.30. The molecule has 3 aromatic rings. The summed E-state index contributed by atoms with van der Waals surface area (Å²) in [6.07, 6.45) is 0. The zero-order valence-corrected chi connectivity index (χ0v) is 16.8. The molecule has 0 aliphatic rings. The fourth-order valence-corrected chi connectivity index (χ4v) is 4.29. The minimum atomic E-state index is -0.264. The summed E-state index contributed by atoms with van der Waals surface area (Å²) in [6.45, 7) is 1.87. The first-order valence-corrected chi connectivity index (χ1v) is 9.88. The van der Waals surface area contributed by atoms with Gasteiger partial charge in [-0.3, -0.25) is 4.79 Å². The molecule has 0 aliphatic heterocycles. The normalized spacial score (nSPS) is 11.7. The molecule has 0 amide bonds. The van der Waals surface area contributed by atoms with Crippen molar-refractivity contribution in [2.24, 2.45) is 0 Å². The molecule has 1 N–H and O–H groups in total. The minimum absolute atomic E-state index is 0.0440. The first-order chi connectivity index (χ1) is 13.1. The van der Waals surface area contributed by atoms with Gasteiger partial charge in [0.1, 0.15) is 11.5 Å². The second-order valence-electron chi connectivity index (χ2n) is 5.58. The lowest BCUT2D eigenvalue weighted by molar-refractivity contribution is 0.0994. The monoisotopic (exact) mass is 401 g/mol. The lowest BCUT2D eigenvalue weighted by Gasteiger charge is -2.08. The Kier molecular flexibility index (Phi) is 6.31. The van der Waals surface area contributed by atoms with E-state index in [1.165, 1.54) is 23.1 Å². The fraction of sp³-hybridized carbons (Fsp3) is 0.211. The second kappa shape index (κ2) is 8.88. The standard InChI is InChI=1S/C19H19N3O3S2/c1-12(17(23)13-4-8-15(24-2)9-5-13)26-19-22-21-18(27-19)20-14-6-10-16(25-3)11-7-14/h4-12H,1-3H3,(H,20,21)/t12-/m0/s1. The Bertz CT molecular complexity index is 895. The number of rotatable bonds is 8. The third kappa shape index (κ3) is 4.99. The summed E-state index contributed by atoms with van der Waals surface area (Å²) in [6, 6.07) is 14.7. The van der Waals surface area contributed by atoms with Gasteiger partial charge in [-0.15, -0.1) is 10.2 Å². The second-order valence-corrected chi connectivity index (χ2v) is 8.14. The van der Waals surface area contributed by atoms with Crippen LogP contribution >= 0.6 is 23.1 Å². The first kappa shape index (κ1) is 19.2. The smallest absolute Gasteiger partial charge is 0.210 e. The molecular weight excluding hydrogens is 382 g/mol. The topological polar surface area (TPSA) is 73.3 Å². The maximum absolute atomic E-state index is 12.6. The van der Waals surface area contributed by atoms with Crippen molar-refractivity contribution in [1.29, 1.82) is 0 Å². The van der Waals surface area contributed by atoms with Crippen LogP contribution in [0, 0.1) is 0 Å². The number of aromatic nitrogens is 2. The van der Waals surface area contributed by atoms with Gasteiger partial charge in [0.05, 0.1) is 19.5 Å². The molecule has 6 nitrogen and oxygen atoms in total. The Labute approximate surface area is 165 Å². The van der Waals surface area contributed by atoms with E-state index < -0.39 is 0 Å². The number of benzene rings is 2. The molecule has 0 saturated heterocycles. The maximum Gasteiger partial charge on any atom is 0.210 e. The van der Waals surface area contributed by atoms with Gasteiger partial charge in [0, 0.05) is 11.3 Å². The number of nitrogens with zero attached hydrogens (tertiary/aromatic N) is 2. The van der Waals surface area contributed by atoms with Gasteiger partial charge >= 0.3 is 0 Å².